The molecule has 2 amide bonds. The third kappa shape index (κ3) is 6.25. The van der Waals surface area contributed by atoms with Crippen molar-refractivity contribution in [3.63, 3.8) is 0 Å². The largest absolute Gasteiger partial charge is 0.497 e. The summed E-state index contributed by atoms with van der Waals surface area (Å²) in [5.41, 5.74) is 0.964. The van der Waals surface area contributed by atoms with Crippen LogP contribution in [0.5, 0.6) is 5.75 Å². The van der Waals surface area contributed by atoms with Crippen molar-refractivity contribution in [2.45, 2.75) is 44.6 Å². The van der Waals surface area contributed by atoms with Gasteiger partial charge in [0.2, 0.25) is 11.7 Å². The van der Waals surface area contributed by atoms with Crippen molar-refractivity contribution >= 4 is 17.6 Å². The standard InChI is InChI=1S/C27H34N4O4/c1-35-22-17-20(25(32)23-6-2-4-11-29-23)16-21(18-22)27(34)31(15-10-19-8-13-28-14-9-19)24-7-3-5-12-30-26(24)33/h2,4,6,11,16-19,24,28H,3,5,7-10,12-15H2,1H3,(H,30,33). The van der Waals surface area contributed by atoms with Gasteiger partial charge in [-0.15, -0.1) is 0 Å². The van der Waals surface area contributed by atoms with Gasteiger partial charge >= 0.3 is 0 Å². The van der Waals surface area contributed by atoms with Crippen LogP contribution < -0.4 is 15.4 Å². The first-order chi connectivity index (χ1) is 17.1. The summed E-state index contributed by atoms with van der Waals surface area (Å²) in [4.78, 5) is 45.8. The van der Waals surface area contributed by atoms with E-state index in [4.69, 9.17) is 4.74 Å². The molecule has 1 atom stereocenters. The molecule has 1 aromatic carbocycles. The molecule has 2 aliphatic rings. The normalized spacial score (nSPS) is 18.9. The number of nitrogens with one attached hydrogen (secondary N) is 2. The molecule has 2 N–H and O–H groups in total. The zero-order chi connectivity index (χ0) is 24.6. The number of aromatic nitrogens is 1. The number of ether oxygens (including phenoxy) is 1. The summed E-state index contributed by atoms with van der Waals surface area (Å²) >= 11 is 0. The van der Waals surface area contributed by atoms with Crippen molar-refractivity contribution in [1.82, 2.24) is 20.5 Å². The number of benzene rings is 1. The number of carbonyl (C=O) groups excluding carboxylic acids is 3. The van der Waals surface area contributed by atoms with E-state index >= 15 is 0 Å². The summed E-state index contributed by atoms with van der Waals surface area (Å²) in [5.74, 6) is 0.293. The minimum Gasteiger partial charge on any atom is -0.497 e. The smallest absolute Gasteiger partial charge is 0.254 e. The Morgan fingerprint density at radius 3 is 2.60 bits per heavy atom. The first kappa shape index (κ1) is 24.9. The van der Waals surface area contributed by atoms with Crippen LogP contribution in [0.15, 0.2) is 42.6 Å². The van der Waals surface area contributed by atoms with Gasteiger partial charge in [0.25, 0.3) is 5.91 Å². The van der Waals surface area contributed by atoms with Crippen LogP contribution in [0.3, 0.4) is 0 Å². The second kappa shape index (κ2) is 11.9. The maximum absolute atomic E-state index is 13.9. The van der Waals surface area contributed by atoms with Crippen LogP contribution in [-0.4, -0.2) is 66.8 Å². The number of hydrogen-bond donors (Lipinski definition) is 2. The molecule has 0 aliphatic carbocycles. The highest BCUT2D eigenvalue weighted by molar-refractivity contribution is 6.09. The Morgan fingerprint density at radius 2 is 1.86 bits per heavy atom. The number of pyridine rings is 1. The fraction of sp³-hybridized carbons (Fsp3) is 0.481. The van der Waals surface area contributed by atoms with Gasteiger partial charge in [-0.25, -0.2) is 0 Å². The SMILES string of the molecule is COc1cc(C(=O)c2ccccn2)cc(C(=O)N(CCC2CCNCC2)C2CCCCNC2=O)c1. The van der Waals surface area contributed by atoms with Crippen molar-refractivity contribution in [2.24, 2.45) is 5.92 Å². The number of amides is 2. The fourth-order valence-corrected chi connectivity index (χ4v) is 4.89. The molecule has 1 unspecified atom stereocenters. The van der Waals surface area contributed by atoms with Gasteiger partial charge in [0.05, 0.1) is 7.11 Å². The average Bonchev–Trinajstić information content (AvgIpc) is 3.13. The summed E-state index contributed by atoms with van der Waals surface area (Å²) in [7, 11) is 1.51. The monoisotopic (exact) mass is 478 g/mol. The maximum atomic E-state index is 13.9. The van der Waals surface area contributed by atoms with Crippen LogP contribution in [0.25, 0.3) is 0 Å². The van der Waals surface area contributed by atoms with E-state index in [2.05, 4.69) is 15.6 Å². The maximum Gasteiger partial charge on any atom is 0.254 e. The molecule has 0 radical (unpaired) electrons. The zero-order valence-corrected chi connectivity index (χ0v) is 20.3. The van der Waals surface area contributed by atoms with Crippen LogP contribution in [0.2, 0.25) is 0 Å². The van der Waals surface area contributed by atoms with Crippen LogP contribution in [0, 0.1) is 5.92 Å². The highest BCUT2D eigenvalue weighted by Gasteiger charge is 2.32. The first-order valence-corrected chi connectivity index (χ1v) is 12.5. The number of carbonyl (C=O) groups is 3. The van der Waals surface area contributed by atoms with Crippen LogP contribution in [-0.2, 0) is 4.79 Å². The minimum absolute atomic E-state index is 0.103. The quantitative estimate of drug-likeness (QED) is 0.566. The molecule has 8 nitrogen and oxygen atoms in total. The summed E-state index contributed by atoms with van der Waals surface area (Å²) in [6.07, 6.45) is 6.96. The predicted molar refractivity (Wildman–Crippen MR) is 133 cm³/mol. The molecule has 0 bridgehead atoms. The van der Waals surface area contributed by atoms with Gasteiger partial charge in [-0.1, -0.05) is 6.07 Å². The summed E-state index contributed by atoms with van der Waals surface area (Å²) in [6, 6.07) is 9.47. The van der Waals surface area contributed by atoms with Crippen molar-refractivity contribution in [3.05, 3.63) is 59.4 Å². The zero-order valence-electron chi connectivity index (χ0n) is 20.3. The Balaban J connectivity index is 1.63. The van der Waals surface area contributed by atoms with E-state index in [1.165, 1.54) is 7.11 Å². The topological polar surface area (TPSA) is 101 Å². The highest BCUT2D eigenvalue weighted by Crippen LogP contribution is 2.25. The van der Waals surface area contributed by atoms with Crippen molar-refractivity contribution in [1.29, 1.82) is 0 Å². The Kier molecular flexibility index (Phi) is 8.47. The molecule has 35 heavy (non-hydrogen) atoms. The summed E-state index contributed by atoms with van der Waals surface area (Å²) in [5, 5.41) is 6.34. The van der Waals surface area contributed by atoms with E-state index < -0.39 is 6.04 Å². The van der Waals surface area contributed by atoms with Crippen molar-refractivity contribution < 1.29 is 19.1 Å². The number of piperidine rings is 1. The Bertz CT molecular complexity index is 1040. The number of nitrogens with zero attached hydrogens (tertiary/aromatic N) is 2. The molecular weight excluding hydrogens is 444 g/mol. The average molecular weight is 479 g/mol. The molecule has 1 aromatic heterocycles. The van der Waals surface area contributed by atoms with E-state index in [9.17, 15) is 14.4 Å². The summed E-state index contributed by atoms with van der Waals surface area (Å²) < 4.78 is 5.42. The third-order valence-corrected chi connectivity index (χ3v) is 6.93. The molecule has 3 heterocycles. The van der Waals surface area contributed by atoms with E-state index in [1.54, 1.807) is 47.5 Å². The molecule has 0 saturated carbocycles. The molecule has 2 saturated heterocycles. The second-order valence-electron chi connectivity index (χ2n) is 9.28. The number of ketones is 1. The highest BCUT2D eigenvalue weighted by atomic mass is 16.5. The van der Waals surface area contributed by atoms with Crippen molar-refractivity contribution in [3.8, 4) is 5.75 Å². The van der Waals surface area contributed by atoms with E-state index in [1.807, 2.05) is 0 Å². The minimum atomic E-state index is -0.521. The van der Waals surface area contributed by atoms with E-state index in [0.717, 1.165) is 45.2 Å². The molecule has 8 heteroatoms. The van der Waals surface area contributed by atoms with Gasteiger partial charge in [0, 0.05) is 30.4 Å². The van der Waals surface area contributed by atoms with E-state index in [0.29, 0.717) is 48.0 Å². The predicted octanol–water partition coefficient (Wildman–Crippen LogP) is 2.82. The number of hydrogen-bond acceptors (Lipinski definition) is 6. The summed E-state index contributed by atoms with van der Waals surface area (Å²) in [6.45, 7) is 3.10. The van der Waals surface area contributed by atoms with Gasteiger partial charge in [-0.3, -0.25) is 19.4 Å². The van der Waals surface area contributed by atoms with Gasteiger partial charge in [-0.05, 0) is 87.9 Å². The Hall–Kier alpha value is -3.26. The number of methoxy groups -OCH3 is 1. The van der Waals surface area contributed by atoms with E-state index in [-0.39, 0.29) is 17.6 Å². The molecule has 4 rings (SSSR count). The molecule has 2 fully saturated rings. The molecular formula is C27H34N4O4. The van der Waals surface area contributed by atoms with Gasteiger partial charge in [-0.2, -0.15) is 0 Å². The fourth-order valence-electron chi connectivity index (χ4n) is 4.89. The third-order valence-electron chi connectivity index (χ3n) is 6.93. The lowest BCUT2D eigenvalue weighted by Crippen LogP contribution is -2.49. The molecule has 0 spiro atoms. The first-order valence-electron chi connectivity index (χ1n) is 12.5. The Labute approximate surface area is 206 Å². The van der Waals surface area contributed by atoms with Crippen LogP contribution in [0.1, 0.15) is 64.9 Å². The van der Waals surface area contributed by atoms with Gasteiger partial charge < -0.3 is 20.3 Å². The van der Waals surface area contributed by atoms with Gasteiger partial charge in [0.1, 0.15) is 17.5 Å². The Morgan fingerprint density at radius 1 is 1.06 bits per heavy atom. The molecule has 186 valence electrons. The van der Waals surface area contributed by atoms with Crippen LogP contribution in [0.4, 0.5) is 0 Å². The lowest BCUT2D eigenvalue weighted by molar-refractivity contribution is -0.125. The molecule has 2 aliphatic heterocycles. The van der Waals surface area contributed by atoms with Crippen LogP contribution >= 0.6 is 0 Å². The van der Waals surface area contributed by atoms with Gasteiger partial charge in [0.15, 0.2) is 0 Å². The van der Waals surface area contributed by atoms with Crippen molar-refractivity contribution in [2.75, 3.05) is 33.3 Å². The second-order valence-corrected chi connectivity index (χ2v) is 9.28. The lowest BCUT2D eigenvalue weighted by Gasteiger charge is -2.32. The lowest BCUT2D eigenvalue weighted by atomic mass is 9.93. The molecule has 2 aromatic rings. The number of rotatable bonds is 8.